The van der Waals surface area contributed by atoms with Crippen LogP contribution in [-0.4, -0.2) is 0 Å². The average Bonchev–Trinajstić information content (AvgIpc) is 0. The Labute approximate surface area is 139 Å². The summed E-state index contributed by atoms with van der Waals surface area (Å²) >= 11 is 0. The maximum absolute atomic E-state index is 0. The summed E-state index contributed by atoms with van der Waals surface area (Å²) in [6, 6.07) is 0. The molecule has 0 saturated heterocycles. The van der Waals surface area contributed by atoms with Gasteiger partial charge in [-0.1, -0.05) is 0 Å². The SMILES string of the molecule is [Cd+2].[I-].[I-].[I-].[I-].[Zn+2]. The Kier molecular flexibility index (Phi) is 267. The third kappa shape index (κ3) is 23.7. The first-order chi connectivity index (χ1) is 0. The summed E-state index contributed by atoms with van der Waals surface area (Å²) < 4.78 is 0. The molecule has 0 aliphatic rings. The molecule has 0 aromatic heterocycles. The molecule has 0 heterocycles. The van der Waals surface area contributed by atoms with Crippen LogP contribution in [0, 0.1) is 0 Å². The zero-order chi connectivity index (χ0) is 0. The van der Waals surface area contributed by atoms with Crippen molar-refractivity contribution in [3.8, 4) is 0 Å². The van der Waals surface area contributed by atoms with Gasteiger partial charge in [0.15, 0.2) is 0 Å². The van der Waals surface area contributed by atoms with E-state index in [0.29, 0.717) is 0 Å². The number of hydrogen-bond acceptors (Lipinski definition) is 0. The van der Waals surface area contributed by atoms with E-state index >= 15 is 0 Å². The molecule has 0 N–H and O–H groups in total. The Balaban J connectivity index is 0. The monoisotopic (exact) mass is 685 g/mol. The van der Waals surface area contributed by atoms with Gasteiger partial charge in [0.1, 0.15) is 0 Å². The van der Waals surface area contributed by atoms with Crippen LogP contribution in [0.5, 0.6) is 0 Å². The molecule has 0 aromatic carbocycles. The van der Waals surface area contributed by atoms with Gasteiger partial charge in [-0.15, -0.1) is 0 Å². The van der Waals surface area contributed by atoms with E-state index in [-0.39, 0.29) is 143 Å². The van der Waals surface area contributed by atoms with Crippen molar-refractivity contribution in [3.63, 3.8) is 0 Å². The predicted molar refractivity (Wildman–Crippen MR) is 0 cm³/mol. The first-order valence-corrected chi connectivity index (χ1v) is 0. The van der Waals surface area contributed by atoms with Crippen molar-refractivity contribution in [2.24, 2.45) is 0 Å². The molecule has 0 bridgehead atoms. The zero-order valence-corrected chi connectivity index (χ0v) is 18.6. The third-order valence-electron chi connectivity index (χ3n) is 0. The molecule has 0 unspecified atom stereocenters. The van der Waals surface area contributed by atoms with E-state index in [1.165, 1.54) is 0 Å². The fourth-order valence-electron chi connectivity index (χ4n) is 0. The van der Waals surface area contributed by atoms with Gasteiger partial charge in [-0.05, 0) is 0 Å². The molecule has 6 heavy (non-hydrogen) atoms. The van der Waals surface area contributed by atoms with E-state index < -0.39 is 0 Å². The molecule has 0 rings (SSSR count). The number of hydrogen-bond donors (Lipinski definition) is 0. The topological polar surface area (TPSA) is 0 Å². The molecular formula is CdI4Zn. The quantitative estimate of drug-likeness (QED) is 0.176. The van der Waals surface area contributed by atoms with E-state index in [0.717, 1.165) is 0 Å². The summed E-state index contributed by atoms with van der Waals surface area (Å²) in [5.74, 6) is 0. The summed E-state index contributed by atoms with van der Waals surface area (Å²) in [6.07, 6.45) is 0. The van der Waals surface area contributed by atoms with Crippen LogP contribution >= 0.6 is 0 Å². The summed E-state index contributed by atoms with van der Waals surface area (Å²) in [6.45, 7) is 0. The maximum Gasteiger partial charge on any atom is 2.00 e. The third-order valence-corrected chi connectivity index (χ3v) is 0. The standard InChI is InChI=1S/Cd.4HI.Zn/h;4*1H;/q+2;;;;;+2/p-4. The summed E-state index contributed by atoms with van der Waals surface area (Å²) in [5.41, 5.74) is 0. The molecule has 0 saturated carbocycles. The molecule has 32 valence electrons. The van der Waals surface area contributed by atoms with Crippen molar-refractivity contribution in [2.75, 3.05) is 0 Å². The fourth-order valence-corrected chi connectivity index (χ4v) is 0. The maximum atomic E-state index is 0. The van der Waals surface area contributed by atoms with Crippen LogP contribution < -0.4 is 95.9 Å². The molecular weight excluding hydrogens is 685 g/mol. The van der Waals surface area contributed by atoms with E-state index in [2.05, 4.69) is 0 Å². The van der Waals surface area contributed by atoms with Crippen LogP contribution in [0.4, 0.5) is 0 Å². The van der Waals surface area contributed by atoms with E-state index in [1.807, 2.05) is 0 Å². The molecule has 0 aromatic rings. The molecule has 0 aliphatic carbocycles. The minimum absolute atomic E-state index is 0. The largest absolute Gasteiger partial charge is 2.00 e. The van der Waals surface area contributed by atoms with E-state index in [4.69, 9.17) is 0 Å². The van der Waals surface area contributed by atoms with Crippen LogP contribution in [0.2, 0.25) is 0 Å². The molecule has 0 radical (unpaired) electrons. The van der Waals surface area contributed by atoms with Crippen molar-refractivity contribution in [2.45, 2.75) is 0 Å². The Morgan fingerprint density at radius 3 is 0.500 bits per heavy atom. The van der Waals surface area contributed by atoms with Gasteiger partial charge in [-0.25, -0.2) is 0 Å². The van der Waals surface area contributed by atoms with Crippen molar-refractivity contribution >= 4 is 0 Å². The van der Waals surface area contributed by atoms with Crippen LogP contribution in [0.3, 0.4) is 0 Å². The van der Waals surface area contributed by atoms with Gasteiger partial charge in [-0.3, -0.25) is 0 Å². The van der Waals surface area contributed by atoms with Crippen LogP contribution in [0.1, 0.15) is 0 Å². The Morgan fingerprint density at radius 2 is 0.500 bits per heavy atom. The van der Waals surface area contributed by atoms with Crippen molar-refractivity contribution in [1.29, 1.82) is 0 Å². The van der Waals surface area contributed by atoms with E-state index in [9.17, 15) is 0 Å². The van der Waals surface area contributed by atoms with Crippen molar-refractivity contribution < 1.29 is 143 Å². The second kappa shape index (κ2) is 34.0. The molecule has 0 amide bonds. The second-order valence-electron chi connectivity index (χ2n) is 0. The molecule has 0 fully saturated rings. The van der Waals surface area contributed by atoms with Gasteiger partial charge < -0.3 is 95.9 Å². The minimum atomic E-state index is 0. The number of halogens is 4. The number of rotatable bonds is 0. The minimum Gasteiger partial charge on any atom is -1.00 e. The van der Waals surface area contributed by atoms with E-state index in [1.54, 1.807) is 0 Å². The normalized spacial score (nSPS) is 0. The molecule has 6 heteroatoms. The van der Waals surface area contributed by atoms with Gasteiger partial charge in [-0.2, -0.15) is 0 Å². The van der Waals surface area contributed by atoms with Crippen LogP contribution in [0.15, 0.2) is 0 Å². The van der Waals surface area contributed by atoms with Gasteiger partial charge >= 0.3 is 46.8 Å². The van der Waals surface area contributed by atoms with Crippen molar-refractivity contribution in [3.05, 3.63) is 0 Å². The van der Waals surface area contributed by atoms with Gasteiger partial charge in [0.05, 0.1) is 0 Å². The first kappa shape index (κ1) is 47.0. The summed E-state index contributed by atoms with van der Waals surface area (Å²) in [5, 5.41) is 0. The van der Waals surface area contributed by atoms with Crippen LogP contribution in [-0.2, 0) is 46.8 Å². The second-order valence-corrected chi connectivity index (χ2v) is 0. The van der Waals surface area contributed by atoms with Crippen molar-refractivity contribution in [1.82, 2.24) is 0 Å². The van der Waals surface area contributed by atoms with Crippen LogP contribution in [0.25, 0.3) is 0 Å². The van der Waals surface area contributed by atoms with Gasteiger partial charge in [0, 0.05) is 0 Å². The summed E-state index contributed by atoms with van der Waals surface area (Å²) in [7, 11) is 0. The smallest absolute Gasteiger partial charge is 1.00 e. The molecule has 0 aliphatic heterocycles. The zero-order valence-electron chi connectivity index (χ0n) is 2.93. The Morgan fingerprint density at radius 1 is 0.500 bits per heavy atom. The van der Waals surface area contributed by atoms with Gasteiger partial charge in [0.2, 0.25) is 0 Å². The Bertz CT molecular complexity index is 7.51. The first-order valence-electron chi connectivity index (χ1n) is 0. The fraction of sp³-hybridized carbons (Fsp3) is 0. The predicted octanol–water partition coefficient (Wildman–Crippen LogP) is -12.0. The van der Waals surface area contributed by atoms with Gasteiger partial charge in [0.25, 0.3) is 0 Å². The Hall–Kier alpha value is 4.47. The summed E-state index contributed by atoms with van der Waals surface area (Å²) in [4.78, 5) is 0. The molecule has 0 nitrogen and oxygen atoms in total. The average molecular weight is 685 g/mol. The molecule has 0 spiro atoms. The molecule has 0 atom stereocenters.